The van der Waals surface area contributed by atoms with E-state index in [9.17, 15) is 23.1 Å². The van der Waals surface area contributed by atoms with Crippen molar-refractivity contribution >= 4 is 16.7 Å². The van der Waals surface area contributed by atoms with Crippen LogP contribution in [0.25, 0.3) is 10.8 Å². The Balaban J connectivity index is 1.36. The number of hydrogen-bond donors (Lipinski definition) is 1. The number of benzene rings is 3. The van der Waals surface area contributed by atoms with Crippen LogP contribution in [0.5, 0.6) is 5.75 Å². The molecule has 0 aromatic heterocycles. The molecule has 0 aliphatic carbocycles. The van der Waals surface area contributed by atoms with Crippen LogP contribution in [-0.4, -0.2) is 47.0 Å². The Hall–Kier alpha value is -3.06. The van der Waals surface area contributed by atoms with Crippen molar-refractivity contribution in [1.29, 1.82) is 0 Å². The normalized spacial score (nSPS) is 15.5. The molecule has 1 heterocycles. The van der Waals surface area contributed by atoms with E-state index >= 15 is 0 Å². The number of hydrogen-bond acceptors (Lipinski definition) is 3. The maximum Gasteiger partial charge on any atom is 0.416 e. The molecule has 0 radical (unpaired) electrons. The van der Waals surface area contributed by atoms with Gasteiger partial charge >= 0.3 is 6.18 Å². The maximum absolute atomic E-state index is 12.9. The molecule has 3 aromatic carbocycles. The summed E-state index contributed by atoms with van der Waals surface area (Å²) in [7, 11) is 0. The van der Waals surface area contributed by atoms with Gasteiger partial charge in [0.15, 0.2) is 0 Å². The van der Waals surface area contributed by atoms with Crippen LogP contribution < -0.4 is 0 Å². The average Bonchev–Trinajstić information content (AvgIpc) is 2.73. The highest BCUT2D eigenvalue weighted by Gasteiger charge is 2.30. The molecule has 0 saturated carbocycles. The first kappa shape index (κ1) is 20.2. The highest BCUT2D eigenvalue weighted by molar-refractivity contribution is 5.98. The quantitative estimate of drug-likeness (QED) is 0.685. The third-order valence-corrected chi connectivity index (χ3v) is 5.42. The van der Waals surface area contributed by atoms with Gasteiger partial charge in [0.25, 0.3) is 5.91 Å². The van der Waals surface area contributed by atoms with Crippen LogP contribution >= 0.6 is 0 Å². The minimum Gasteiger partial charge on any atom is -0.508 e. The summed E-state index contributed by atoms with van der Waals surface area (Å²) < 4.78 is 38.0. The minimum atomic E-state index is -4.33. The van der Waals surface area contributed by atoms with Crippen LogP contribution in [0.15, 0.2) is 60.7 Å². The predicted molar refractivity (Wildman–Crippen MR) is 108 cm³/mol. The van der Waals surface area contributed by atoms with E-state index < -0.39 is 11.7 Å². The molecule has 4 rings (SSSR count). The number of halogens is 3. The van der Waals surface area contributed by atoms with Crippen molar-refractivity contribution in [2.24, 2.45) is 0 Å². The van der Waals surface area contributed by atoms with Crippen molar-refractivity contribution in [3.05, 3.63) is 77.4 Å². The molecule has 7 heteroatoms. The summed E-state index contributed by atoms with van der Waals surface area (Å²) in [5, 5.41) is 11.3. The Labute approximate surface area is 172 Å². The third-order valence-electron chi connectivity index (χ3n) is 5.42. The lowest BCUT2D eigenvalue weighted by atomic mass is 10.1. The Kier molecular flexibility index (Phi) is 5.39. The number of phenols is 1. The SMILES string of the molecule is O=C(c1ccc2cc(O)ccc2c1)N1CCN(Cc2ccc(C(F)(F)F)cc2)CC1. The maximum atomic E-state index is 12.9. The zero-order valence-electron chi connectivity index (χ0n) is 16.2. The summed E-state index contributed by atoms with van der Waals surface area (Å²) in [4.78, 5) is 16.8. The van der Waals surface area contributed by atoms with E-state index in [1.165, 1.54) is 12.1 Å². The van der Waals surface area contributed by atoms with Gasteiger partial charge < -0.3 is 10.0 Å². The van der Waals surface area contributed by atoms with E-state index in [4.69, 9.17) is 0 Å². The molecule has 1 amide bonds. The smallest absolute Gasteiger partial charge is 0.416 e. The zero-order chi connectivity index (χ0) is 21.3. The Morgan fingerprint density at radius 3 is 2.17 bits per heavy atom. The first-order valence-electron chi connectivity index (χ1n) is 9.70. The van der Waals surface area contributed by atoms with Crippen molar-refractivity contribution in [3.8, 4) is 5.75 Å². The summed E-state index contributed by atoms with van der Waals surface area (Å²) in [6.45, 7) is 3.00. The lowest BCUT2D eigenvalue weighted by Crippen LogP contribution is -2.48. The van der Waals surface area contributed by atoms with Gasteiger partial charge in [-0.15, -0.1) is 0 Å². The molecule has 1 fully saturated rings. The van der Waals surface area contributed by atoms with Crippen molar-refractivity contribution in [2.75, 3.05) is 26.2 Å². The average molecular weight is 414 g/mol. The predicted octanol–water partition coefficient (Wildman–Crippen LogP) is 4.52. The van der Waals surface area contributed by atoms with Crippen molar-refractivity contribution in [3.63, 3.8) is 0 Å². The Bertz CT molecular complexity index is 1060. The fourth-order valence-electron chi connectivity index (χ4n) is 3.72. The third kappa shape index (κ3) is 4.41. The monoisotopic (exact) mass is 414 g/mol. The number of nitrogens with zero attached hydrogens (tertiary/aromatic N) is 2. The fourth-order valence-corrected chi connectivity index (χ4v) is 3.72. The number of phenolic OH excluding ortho intramolecular Hbond substituents is 1. The summed E-state index contributed by atoms with van der Waals surface area (Å²) in [5.74, 6) is 0.143. The number of fused-ring (bicyclic) bond motifs is 1. The molecule has 30 heavy (non-hydrogen) atoms. The highest BCUT2D eigenvalue weighted by Crippen LogP contribution is 2.29. The van der Waals surface area contributed by atoms with Crippen molar-refractivity contribution in [1.82, 2.24) is 9.80 Å². The van der Waals surface area contributed by atoms with Crippen LogP contribution in [-0.2, 0) is 12.7 Å². The van der Waals surface area contributed by atoms with Crippen LogP contribution in [0.4, 0.5) is 13.2 Å². The van der Waals surface area contributed by atoms with E-state index in [1.54, 1.807) is 29.2 Å². The van der Waals surface area contributed by atoms with Gasteiger partial charge in [-0.05, 0) is 52.7 Å². The second-order valence-corrected chi connectivity index (χ2v) is 7.51. The Morgan fingerprint density at radius 1 is 0.867 bits per heavy atom. The number of piperazine rings is 1. The van der Waals surface area contributed by atoms with Gasteiger partial charge in [-0.1, -0.05) is 24.3 Å². The molecule has 0 spiro atoms. The molecule has 156 valence electrons. The highest BCUT2D eigenvalue weighted by atomic mass is 19.4. The molecule has 1 N–H and O–H groups in total. The number of carbonyl (C=O) groups is 1. The molecule has 3 aromatic rings. The molecular weight excluding hydrogens is 393 g/mol. The summed E-state index contributed by atoms with van der Waals surface area (Å²) in [5.41, 5.74) is 0.775. The number of carbonyl (C=O) groups excluding carboxylic acids is 1. The zero-order valence-corrected chi connectivity index (χ0v) is 16.2. The number of amides is 1. The van der Waals surface area contributed by atoms with Crippen molar-refractivity contribution < 1.29 is 23.1 Å². The van der Waals surface area contributed by atoms with Gasteiger partial charge in [-0.2, -0.15) is 13.2 Å². The molecule has 0 bridgehead atoms. The summed E-state index contributed by atoms with van der Waals surface area (Å²) in [6, 6.07) is 15.7. The molecule has 0 atom stereocenters. The van der Waals surface area contributed by atoms with Crippen LogP contribution in [0, 0.1) is 0 Å². The largest absolute Gasteiger partial charge is 0.508 e. The topological polar surface area (TPSA) is 43.8 Å². The molecule has 1 aliphatic heterocycles. The minimum absolute atomic E-state index is 0.0424. The van der Waals surface area contributed by atoms with Crippen molar-refractivity contribution in [2.45, 2.75) is 12.7 Å². The number of rotatable bonds is 3. The second-order valence-electron chi connectivity index (χ2n) is 7.51. The van der Waals surface area contributed by atoms with Crippen LogP contribution in [0.3, 0.4) is 0 Å². The van der Waals surface area contributed by atoms with E-state index in [2.05, 4.69) is 4.90 Å². The van der Waals surface area contributed by atoms with Gasteiger partial charge in [0.05, 0.1) is 5.56 Å². The Morgan fingerprint density at radius 2 is 1.50 bits per heavy atom. The summed E-state index contributed by atoms with van der Waals surface area (Å²) >= 11 is 0. The lowest BCUT2D eigenvalue weighted by molar-refractivity contribution is -0.137. The fraction of sp³-hybridized carbons (Fsp3) is 0.261. The van der Waals surface area contributed by atoms with Gasteiger partial charge in [-0.3, -0.25) is 9.69 Å². The molecule has 1 aliphatic rings. The lowest BCUT2D eigenvalue weighted by Gasteiger charge is -2.35. The standard InChI is InChI=1S/C23H21F3N2O2/c24-23(25,26)20-6-1-16(2-7-20)15-27-9-11-28(12-10-27)22(30)19-4-3-18-14-21(29)8-5-17(18)13-19/h1-8,13-14,29H,9-12,15H2. The number of alkyl halides is 3. The molecule has 1 saturated heterocycles. The van der Waals surface area contributed by atoms with Gasteiger partial charge in [-0.25, -0.2) is 0 Å². The van der Waals surface area contributed by atoms with E-state index in [-0.39, 0.29) is 11.7 Å². The van der Waals surface area contributed by atoms with Crippen LogP contribution in [0.2, 0.25) is 0 Å². The van der Waals surface area contributed by atoms with Gasteiger partial charge in [0, 0.05) is 38.3 Å². The van der Waals surface area contributed by atoms with Gasteiger partial charge in [0.2, 0.25) is 0 Å². The molecular formula is C23H21F3N2O2. The first-order chi connectivity index (χ1) is 14.3. The molecule has 4 nitrogen and oxygen atoms in total. The molecule has 0 unspecified atom stereocenters. The van der Waals surface area contributed by atoms with Gasteiger partial charge in [0.1, 0.15) is 5.75 Å². The second kappa shape index (κ2) is 7.99. The van der Waals surface area contributed by atoms with E-state index in [0.717, 1.165) is 28.5 Å². The van der Waals surface area contributed by atoms with Crippen LogP contribution in [0.1, 0.15) is 21.5 Å². The van der Waals surface area contributed by atoms with E-state index in [1.807, 2.05) is 12.1 Å². The first-order valence-corrected chi connectivity index (χ1v) is 9.70. The van der Waals surface area contributed by atoms with E-state index in [0.29, 0.717) is 38.3 Å². The number of aromatic hydroxyl groups is 1. The summed E-state index contributed by atoms with van der Waals surface area (Å²) in [6.07, 6.45) is -4.33.